The van der Waals surface area contributed by atoms with Crippen LogP contribution in [0.4, 0.5) is 0 Å². The molecule has 0 radical (unpaired) electrons. The van der Waals surface area contributed by atoms with E-state index in [4.69, 9.17) is 16.1 Å². The van der Waals surface area contributed by atoms with Gasteiger partial charge in [0.2, 0.25) is 0 Å². The molecule has 0 spiro atoms. The van der Waals surface area contributed by atoms with Crippen LogP contribution in [-0.2, 0) is 0 Å². The first-order valence-corrected chi connectivity index (χ1v) is 7.26. The van der Waals surface area contributed by atoms with Crippen LogP contribution in [0.1, 0.15) is 73.4 Å². The van der Waals surface area contributed by atoms with Gasteiger partial charge in [-0.2, -0.15) is 0 Å². The first-order chi connectivity index (χ1) is 8.09. The Morgan fingerprint density at radius 3 is 2.47 bits per heavy atom. The van der Waals surface area contributed by atoms with Gasteiger partial charge in [-0.25, -0.2) is 4.98 Å². The molecule has 0 unspecified atom stereocenters. The minimum Gasteiger partial charge on any atom is -0.383 e. The number of hydrogen-bond acceptors (Lipinski definition) is 3. The van der Waals surface area contributed by atoms with Crippen LogP contribution in [0.25, 0.3) is 0 Å². The smallest absolute Gasteiger partial charge is 0.135 e. The first kappa shape index (κ1) is 12.6. The number of nitrogens with two attached hydrogens (primary N) is 1. The van der Waals surface area contributed by atoms with E-state index >= 15 is 0 Å². The fraction of sp³-hybridized carbons (Fsp3) is 0.692. The van der Waals surface area contributed by atoms with Crippen LogP contribution in [0.5, 0.6) is 0 Å². The topological polar surface area (TPSA) is 62.8 Å². The molecule has 0 aromatic carbocycles. The third-order valence-electron chi connectivity index (χ3n) is 3.42. The van der Waals surface area contributed by atoms with Crippen molar-refractivity contribution in [3.05, 3.63) is 15.6 Å². The van der Waals surface area contributed by atoms with E-state index in [2.05, 4.69) is 13.8 Å². The number of hydrogen-bond donors (Lipinski definition) is 2. The zero-order chi connectivity index (χ0) is 12.4. The summed E-state index contributed by atoms with van der Waals surface area (Å²) in [4.78, 5) is 5.64. The Hall–Kier alpha value is -0.900. The SMILES string of the molecule is CC(C)c1nc(C2CCCCC2)sc1C(=N)N. The molecular formula is C13H21N3S. The van der Waals surface area contributed by atoms with Crippen molar-refractivity contribution in [2.45, 2.75) is 57.8 Å². The zero-order valence-electron chi connectivity index (χ0n) is 10.6. The molecule has 0 amide bonds. The summed E-state index contributed by atoms with van der Waals surface area (Å²) in [5.74, 6) is 1.13. The van der Waals surface area contributed by atoms with E-state index in [0.717, 1.165) is 10.6 Å². The molecule has 1 saturated carbocycles. The van der Waals surface area contributed by atoms with E-state index in [9.17, 15) is 0 Å². The van der Waals surface area contributed by atoms with Gasteiger partial charge in [0.05, 0.1) is 15.6 Å². The van der Waals surface area contributed by atoms with Crippen LogP contribution in [0.2, 0.25) is 0 Å². The summed E-state index contributed by atoms with van der Waals surface area (Å²) in [5.41, 5.74) is 6.67. The molecule has 1 aromatic heterocycles. The van der Waals surface area contributed by atoms with Crippen LogP contribution in [0.3, 0.4) is 0 Å². The van der Waals surface area contributed by atoms with Crippen LogP contribution in [0, 0.1) is 5.41 Å². The largest absolute Gasteiger partial charge is 0.383 e. The van der Waals surface area contributed by atoms with Crippen molar-refractivity contribution < 1.29 is 0 Å². The van der Waals surface area contributed by atoms with Gasteiger partial charge in [-0.15, -0.1) is 11.3 Å². The van der Waals surface area contributed by atoms with Crippen LogP contribution >= 0.6 is 11.3 Å². The lowest BCUT2D eigenvalue weighted by molar-refractivity contribution is 0.441. The molecule has 17 heavy (non-hydrogen) atoms. The number of nitrogen functional groups attached to an aromatic ring is 1. The molecule has 0 saturated heterocycles. The van der Waals surface area contributed by atoms with Crippen molar-refractivity contribution in [1.29, 1.82) is 5.41 Å². The molecule has 3 N–H and O–H groups in total. The maximum absolute atomic E-state index is 7.65. The standard InChI is InChI=1S/C13H21N3S/c1-8(2)10-11(12(14)15)17-13(16-10)9-6-4-3-5-7-9/h8-9H,3-7H2,1-2H3,(H3,14,15). The van der Waals surface area contributed by atoms with E-state index in [-0.39, 0.29) is 5.84 Å². The highest BCUT2D eigenvalue weighted by Crippen LogP contribution is 2.37. The highest BCUT2D eigenvalue weighted by atomic mass is 32.1. The number of thiazole rings is 1. The second kappa shape index (κ2) is 5.17. The third kappa shape index (κ3) is 2.68. The second-order valence-corrected chi connectivity index (χ2v) is 6.20. The third-order valence-corrected chi connectivity index (χ3v) is 4.68. The first-order valence-electron chi connectivity index (χ1n) is 6.44. The van der Waals surface area contributed by atoms with E-state index in [1.54, 1.807) is 11.3 Å². The van der Waals surface area contributed by atoms with Crippen molar-refractivity contribution in [1.82, 2.24) is 4.98 Å². The van der Waals surface area contributed by atoms with Crippen molar-refractivity contribution >= 4 is 17.2 Å². The van der Waals surface area contributed by atoms with Gasteiger partial charge >= 0.3 is 0 Å². The summed E-state index contributed by atoms with van der Waals surface area (Å²) in [6, 6.07) is 0. The quantitative estimate of drug-likeness (QED) is 0.637. The Bertz CT molecular complexity index is 403. The van der Waals surface area contributed by atoms with Crippen LogP contribution in [-0.4, -0.2) is 10.8 Å². The molecule has 3 nitrogen and oxygen atoms in total. The minimum absolute atomic E-state index is 0.174. The van der Waals surface area contributed by atoms with Gasteiger partial charge in [-0.1, -0.05) is 33.1 Å². The Labute approximate surface area is 107 Å². The van der Waals surface area contributed by atoms with Gasteiger partial charge in [-0.3, -0.25) is 5.41 Å². The molecular weight excluding hydrogens is 230 g/mol. The molecule has 1 fully saturated rings. The summed E-state index contributed by atoms with van der Waals surface area (Å²) >= 11 is 1.64. The average Bonchev–Trinajstić information content (AvgIpc) is 2.75. The van der Waals surface area contributed by atoms with Gasteiger partial charge in [0.15, 0.2) is 0 Å². The number of amidine groups is 1. The molecule has 0 aliphatic heterocycles. The summed E-state index contributed by atoms with van der Waals surface area (Å²) in [6.07, 6.45) is 6.50. The molecule has 1 heterocycles. The van der Waals surface area contributed by atoms with Crippen molar-refractivity contribution in [3.8, 4) is 0 Å². The number of rotatable bonds is 3. The van der Waals surface area contributed by atoms with Crippen LogP contribution in [0.15, 0.2) is 0 Å². The van der Waals surface area contributed by atoms with E-state index in [1.807, 2.05) is 0 Å². The van der Waals surface area contributed by atoms with Gasteiger partial charge in [0.1, 0.15) is 5.84 Å². The lowest BCUT2D eigenvalue weighted by atomic mass is 9.90. The van der Waals surface area contributed by atoms with Crippen molar-refractivity contribution in [2.75, 3.05) is 0 Å². The Morgan fingerprint density at radius 1 is 1.35 bits per heavy atom. The van der Waals surface area contributed by atoms with Gasteiger partial charge in [0.25, 0.3) is 0 Å². The maximum Gasteiger partial charge on any atom is 0.135 e. The van der Waals surface area contributed by atoms with E-state index in [1.165, 1.54) is 37.1 Å². The summed E-state index contributed by atoms with van der Waals surface area (Å²) < 4.78 is 0. The lowest BCUT2D eigenvalue weighted by Gasteiger charge is -2.18. The predicted octanol–water partition coefficient (Wildman–Crippen LogP) is 3.60. The van der Waals surface area contributed by atoms with E-state index in [0.29, 0.717) is 11.8 Å². The van der Waals surface area contributed by atoms with E-state index < -0.39 is 0 Å². The van der Waals surface area contributed by atoms with Crippen molar-refractivity contribution in [2.24, 2.45) is 5.73 Å². The molecule has 2 rings (SSSR count). The number of aromatic nitrogens is 1. The fourth-order valence-corrected chi connectivity index (χ4v) is 3.71. The minimum atomic E-state index is 0.174. The number of nitrogens with zero attached hydrogens (tertiary/aromatic N) is 1. The predicted molar refractivity (Wildman–Crippen MR) is 73.0 cm³/mol. The van der Waals surface area contributed by atoms with Crippen LogP contribution < -0.4 is 5.73 Å². The molecule has 1 aliphatic rings. The molecule has 0 bridgehead atoms. The molecule has 4 heteroatoms. The normalized spacial score (nSPS) is 17.6. The highest BCUT2D eigenvalue weighted by Gasteiger charge is 2.23. The zero-order valence-corrected chi connectivity index (χ0v) is 11.4. The van der Waals surface area contributed by atoms with Gasteiger partial charge in [-0.05, 0) is 18.8 Å². The maximum atomic E-state index is 7.65. The average molecular weight is 251 g/mol. The molecule has 1 aromatic rings. The monoisotopic (exact) mass is 251 g/mol. The fourth-order valence-electron chi connectivity index (χ4n) is 2.46. The summed E-state index contributed by atoms with van der Waals surface area (Å²) in [7, 11) is 0. The Kier molecular flexibility index (Phi) is 3.82. The molecule has 94 valence electrons. The van der Waals surface area contributed by atoms with Crippen molar-refractivity contribution in [3.63, 3.8) is 0 Å². The second-order valence-electron chi connectivity index (χ2n) is 5.17. The Balaban J connectivity index is 2.29. The summed E-state index contributed by atoms with van der Waals surface area (Å²) in [5, 5.41) is 8.85. The summed E-state index contributed by atoms with van der Waals surface area (Å²) in [6.45, 7) is 4.23. The Morgan fingerprint density at radius 2 is 2.00 bits per heavy atom. The highest BCUT2D eigenvalue weighted by molar-refractivity contribution is 7.14. The molecule has 0 atom stereocenters. The van der Waals surface area contributed by atoms with Gasteiger partial charge in [0, 0.05) is 5.92 Å². The lowest BCUT2D eigenvalue weighted by Crippen LogP contribution is -2.12. The van der Waals surface area contributed by atoms with Gasteiger partial charge < -0.3 is 5.73 Å². The number of nitrogens with one attached hydrogen (secondary N) is 1. The molecule has 1 aliphatic carbocycles.